The quantitative estimate of drug-likeness (QED) is 0.917. The number of halogens is 1. The SMILES string of the molecule is OC1CSCC1c1nc(-c2ccc(Cl)cc2)no1. The first-order chi connectivity index (χ1) is 8.74. The first-order valence-corrected chi connectivity index (χ1v) is 7.12. The van der Waals surface area contributed by atoms with E-state index in [1.54, 1.807) is 23.9 Å². The Hall–Kier alpha value is -1.04. The lowest BCUT2D eigenvalue weighted by Crippen LogP contribution is -2.15. The summed E-state index contributed by atoms with van der Waals surface area (Å²) in [5, 5.41) is 14.4. The molecule has 2 atom stereocenters. The zero-order chi connectivity index (χ0) is 12.5. The molecule has 1 aromatic carbocycles. The molecule has 1 fully saturated rings. The molecule has 1 aromatic heterocycles. The van der Waals surface area contributed by atoms with Gasteiger partial charge in [-0.25, -0.2) is 0 Å². The van der Waals surface area contributed by atoms with Gasteiger partial charge in [-0.05, 0) is 24.3 Å². The summed E-state index contributed by atoms with van der Waals surface area (Å²) in [6, 6.07) is 7.26. The van der Waals surface area contributed by atoms with E-state index < -0.39 is 6.10 Å². The molecule has 4 nitrogen and oxygen atoms in total. The van der Waals surface area contributed by atoms with Crippen molar-refractivity contribution >= 4 is 23.4 Å². The highest BCUT2D eigenvalue weighted by atomic mass is 35.5. The summed E-state index contributed by atoms with van der Waals surface area (Å²) in [5.74, 6) is 2.54. The van der Waals surface area contributed by atoms with Crippen molar-refractivity contribution in [1.29, 1.82) is 0 Å². The Kier molecular flexibility index (Phi) is 3.28. The Morgan fingerprint density at radius 3 is 2.72 bits per heavy atom. The van der Waals surface area contributed by atoms with Crippen LogP contribution in [0.4, 0.5) is 0 Å². The molecule has 1 aliphatic heterocycles. The highest BCUT2D eigenvalue weighted by molar-refractivity contribution is 7.99. The summed E-state index contributed by atoms with van der Waals surface area (Å²) in [6.07, 6.45) is -0.395. The van der Waals surface area contributed by atoms with Gasteiger partial charge >= 0.3 is 0 Å². The minimum absolute atomic E-state index is 0.0523. The Balaban J connectivity index is 1.87. The third kappa shape index (κ3) is 2.25. The van der Waals surface area contributed by atoms with Crippen molar-refractivity contribution in [3.8, 4) is 11.4 Å². The lowest BCUT2D eigenvalue weighted by Gasteiger charge is -2.06. The van der Waals surface area contributed by atoms with Crippen molar-refractivity contribution in [2.45, 2.75) is 12.0 Å². The monoisotopic (exact) mass is 282 g/mol. The van der Waals surface area contributed by atoms with Crippen LogP contribution in [0.15, 0.2) is 28.8 Å². The number of benzene rings is 1. The van der Waals surface area contributed by atoms with Gasteiger partial charge in [-0.3, -0.25) is 0 Å². The fourth-order valence-corrected chi connectivity index (χ4v) is 3.24. The van der Waals surface area contributed by atoms with Crippen LogP contribution in [-0.2, 0) is 0 Å². The summed E-state index contributed by atoms with van der Waals surface area (Å²) in [7, 11) is 0. The number of thioether (sulfide) groups is 1. The second-order valence-electron chi connectivity index (χ2n) is 4.17. The molecule has 18 heavy (non-hydrogen) atoms. The summed E-state index contributed by atoms with van der Waals surface area (Å²) in [6.45, 7) is 0. The van der Waals surface area contributed by atoms with Gasteiger partial charge in [-0.15, -0.1) is 0 Å². The largest absolute Gasteiger partial charge is 0.391 e. The molecule has 0 spiro atoms. The smallest absolute Gasteiger partial charge is 0.233 e. The summed E-state index contributed by atoms with van der Waals surface area (Å²) in [4.78, 5) is 4.35. The van der Waals surface area contributed by atoms with Crippen molar-refractivity contribution < 1.29 is 9.63 Å². The van der Waals surface area contributed by atoms with Gasteiger partial charge in [0.05, 0.1) is 12.0 Å². The van der Waals surface area contributed by atoms with E-state index in [-0.39, 0.29) is 5.92 Å². The van der Waals surface area contributed by atoms with Gasteiger partial charge in [0.2, 0.25) is 11.7 Å². The Labute approximate surface area is 113 Å². The van der Waals surface area contributed by atoms with Crippen molar-refractivity contribution in [3.05, 3.63) is 35.2 Å². The number of nitrogens with zero attached hydrogens (tertiary/aromatic N) is 2. The number of aliphatic hydroxyl groups is 1. The maximum atomic E-state index is 9.79. The molecule has 3 rings (SSSR count). The van der Waals surface area contributed by atoms with E-state index in [0.29, 0.717) is 16.7 Å². The number of rotatable bonds is 2. The Morgan fingerprint density at radius 1 is 1.28 bits per heavy atom. The molecule has 6 heteroatoms. The molecule has 0 amide bonds. The van der Waals surface area contributed by atoms with E-state index in [4.69, 9.17) is 16.1 Å². The predicted molar refractivity (Wildman–Crippen MR) is 70.8 cm³/mol. The molecule has 1 aliphatic rings. The van der Waals surface area contributed by atoms with Crippen LogP contribution in [0.5, 0.6) is 0 Å². The molecule has 2 unspecified atom stereocenters. The lowest BCUT2D eigenvalue weighted by molar-refractivity contribution is 0.164. The fraction of sp³-hybridized carbons (Fsp3) is 0.333. The molecule has 0 radical (unpaired) electrons. The highest BCUT2D eigenvalue weighted by Crippen LogP contribution is 2.32. The van der Waals surface area contributed by atoms with E-state index in [1.165, 1.54) is 0 Å². The summed E-state index contributed by atoms with van der Waals surface area (Å²) >= 11 is 7.52. The minimum atomic E-state index is -0.395. The van der Waals surface area contributed by atoms with E-state index >= 15 is 0 Å². The molecule has 0 saturated carbocycles. The van der Waals surface area contributed by atoms with Crippen molar-refractivity contribution in [2.75, 3.05) is 11.5 Å². The molecule has 0 bridgehead atoms. The van der Waals surface area contributed by atoms with Crippen LogP contribution in [-0.4, -0.2) is 32.9 Å². The van der Waals surface area contributed by atoms with E-state index in [2.05, 4.69) is 10.1 Å². The van der Waals surface area contributed by atoms with Gasteiger partial charge in [0.25, 0.3) is 0 Å². The molecular weight excluding hydrogens is 272 g/mol. The standard InChI is InChI=1S/C12H11ClN2O2S/c13-8-3-1-7(2-4-8)11-14-12(17-15-11)9-5-18-6-10(9)16/h1-4,9-10,16H,5-6H2. The van der Waals surface area contributed by atoms with E-state index in [9.17, 15) is 5.11 Å². The Bertz CT molecular complexity index is 543. The molecule has 1 saturated heterocycles. The van der Waals surface area contributed by atoms with Gasteiger partial charge in [-0.1, -0.05) is 16.8 Å². The third-order valence-corrected chi connectivity index (χ3v) is 4.34. The third-order valence-electron chi connectivity index (χ3n) is 2.91. The molecule has 2 aromatic rings. The van der Waals surface area contributed by atoms with Crippen molar-refractivity contribution in [2.24, 2.45) is 0 Å². The van der Waals surface area contributed by atoms with Crippen LogP contribution in [0, 0.1) is 0 Å². The van der Waals surface area contributed by atoms with Gasteiger partial charge in [0.15, 0.2) is 0 Å². The summed E-state index contributed by atoms with van der Waals surface area (Å²) in [5.41, 5.74) is 0.856. The molecule has 1 N–H and O–H groups in total. The Morgan fingerprint density at radius 2 is 2.06 bits per heavy atom. The molecule has 2 heterocycles. The van der Waals surface area contributed by atoms with Gasteiger partial charge in [0.1, 0.15) is 0 Å². The van der Waals surface area contributed by atoms with Crippen molar-refractivity contribution in [3.63, 3.8) is 0 Å². The van der Waals surface area contributed by atoms with E-state index in [1.807, 2.05) is 12.1 Å². The molecule has 94 valence electrons. The normalized spacial score (nSPS) is 23.4. The maximum Gasteiger partial charge on any atom is 0.233 e. The first kappa shape index (κ1) is 12.0. The number of hydrogen-bond acceptors (Lipinski definition) is 5. The van der Waals surface area contributed by atoms with Gasteiger partial charge in [0, 0.05) is 22.1 Å². The summed E-state index contributed by atoms with van der Waals surface area (Å²) < 4.78 is 5.24. The molecule has 0 aliphatic carbocycles. The second-order valence-corrected chi connectivity index (χ2v) is 5.69. The van der Waals surface area contributed by atoms with Crippen LogP contribution >= 0.6 is 23.4 Å². The van der Waals surface area contributed by atoms with Crippen LogP contribution in [0.2, 0.25) is 5.02 Å². The van der Waals surface area contributed by atoms with E-state index in [0.717, 1.165) is 17.1 Å². The average molecular weight is 283 g/mol. The second kappa shape index (κ2) is 4.91. The number of aromatic nitrogens is 2. The average Bonchev–Trinajstić information content (AvgIpc) is 2.98. The highest BCUT2D eigenvalue weighted by Gasteiger charge is 2.32. The zero-order valence-electron chi connectivity index (χ0n) is 9.41. The van der Waals surface area contributed by atoms with Crippen LogP contribution in [0.1, 0.15) is 11.8 Å². The van der Waals surface area contributed by atoms with Crippen LogP contribution in [0.25, 0.3) is 11.4 Å². The van der Waals surface area contributed by atoms with Crippen molar-refractivity contribution in [1.82, 2.24) is 10.1 Å². The maximum absolute atomic E-state index is 9.79. The van der Waals surface area contributed by atoms with Crippen LogP contribution in [0.3, 0.4) is 0 Å². The van der Waals surface area contributed by atoms with Gasteiger partial charge in [-0.2, -0.15) is 16.7 Å². The van der Waals surface area contributed by atoms with Crippen LogP contribution < -0.4 is 0 Å². The zero-order valence-corrected chi connectivity index (χ0v) is 11.0. The number of aliphatic hydroxyl groups excluding tert-OH is 1. The fourth-order valence-electron chi connectivity index (χ4n) is 1.88. The minimum Gasteiger partial charge on any atom is -0.391 e. The first-order valence-electron chi connectivity index (χ1n) is 5.59. The topological polar surface area (TPSA) is 59.2 Å². The lowest BCUT2D eigenvalue weighted by atomic mass is 10.1. The predicted octanol–water partition coefficient (Wildman–Crippen LogP) is 2.58. The molecular formula is C12H11ClN2O2S. The number of hydrogen-bond donors (Lipinski definition) is 1. The van der Waals surface area contributed by atoms with Gasteiger partial charge < -0.3 is 9.63 Å².